The number of aromatic nitrogens is 2. The molecule has 7 atom stereocenters. The number of carbonyl (C=O) groups is 6. The summed E-state index contributed by atoms with van der Waals surface area (Å²) in [7, 11) is -3.20. The van der Waals surface area contributed by atoms with E-state index in [0.717, 1.165) is 4.88 Å². The van der Waals surface area contributed by atoms with Crippen LogP contribution in [-0.4, -0.2) is 143 Å². The number of nitrogens with one attached hydrogen (secondary N) is 5. The molecule has 1 saturated heterocycles. The maximum Gasteiger partial charge on any atom is 0.472 e. The van der Waals surface area contributed by atoms with Gasteiger partial charge in [-0.2, -0.15) is 0 Å². The number of ether oxygens (including phenoxy) is 2. The lowest BCUT2D eigenvalue weighted by atomic mass is 10.0. The molecule has 1 unspecified atom stereocenters. The number of thiophene rings is 1. The van der Waals surface area contributed by atoms with Crippen LogP contribution in [0.2, 0.25) is 0 Å². The minimum atomic E-state index is -4.73. The molecule has 1 aliphatic rings. The first kappa shape index (κ1) is 49.1. The number of phosphoric ester groups is 1. The van der Waals surface area contributed by atoms with Crippen LogP contribution in [0.3, 0.4) is 0 Å². The average Bonchev–Trinajstić information content (AvgIpc) is 3.99. The summed E-state index contributed by atoms with van der Waals surface area (Å²) in [6, 6.07) is -3.14. The van der Waals surface area contributed by atoms with E-state index in [1.165, 1.54) is 42.8 Å². The highest BCUT2D eigenvalue weighted by molar-refractivity contribution is 7.47. The maximum atomic E-state index is 13.9. The van der Waals surface area contributed by atoms with Gasteiger partial charge in [0.15, 0.2) is 0 Å². The van der Waals surface area contributed by atoms with Crippen LogP contribution in [0.4, 0.5) is 0 Å². The highest BCUT2D eigenvalue weighted by Crippen LogP contribution is 2.45. The van der Waals surface area contributed by atoms with E-state index in [-0.39, 0.29) is 44.3 Å². The second-order valence-electron chi connectivity index (χ2n) is 14.2. The number of nitrogens with zero attached hydrogens (tertiary/aromatic N) is 2. The van der Waals surface area contributed by atoms with Crippen LogP contribution >= 0.6 is 19.2 Å². The van der Waals surface area contributed by atoms with Crippen LogP contribution in [0.25, 0.3) is 0 Å². The quantitative estimate of drug-likeness (QED) is 0.0407. The monoisotopic (exact) mass is 872 g/mol. The molecule has 2 aromatic heterocycles. The molecule has 1 fully saturated rings. The molecule has 3 rings (SSSR count). The van der Waals surface area contributed by atoms with Crippen LogP contribution in [0.1, 0.15) is 57.0 Å². The standard InChI is InChI=1S/C36H57N8O13PS/c1-22(2)17-26(41-36(51)29-8-5-11-44(29)30(46)10-12-55-15-14-54-4)33(48)40-27(18-24-19-38-21-39-24)34(49)42-28(20-45)35(50)43-31(32(37)47)23(3)57-58(52,53)56-13-9-25-7-6-16-59-25/h6-7,16,19,21-23,26-29,31,45H,5,8-15,17-18,20H2,1-4H3,(H2,37,47)(H,38,39)(H,40,48)(H,41,51)(H,42,49)(H,43,50)(H,52,53)/t23-,26+,27+,28+,29+,31+/m1/s1. The Hall–Kier alpha value is -4.28. The normalized spacial score (nSPS) is 17.6. The minimum absolute atomic E-state index is 0.0625. The van der Waals surface area contributed by atoms with E-state index < -0.39 is 80.3 Å². The van der Waals surface area contributed by atoms with E-state index in [2.05, 4.69) is 31.2 Å². The van der Waals surface area contributed by atoms with Crippen LogP contribution in [0, 0.1) is 5.92 Å². The highest BCUT2D eigenvalue weighted by atomic mass is 32.1. The lowest BCUT2D eigenvalue weighted by Gasteiger charge is -2.29. The van der Waals surface area contributed by atoms with Crippen molar-refractivity contribution < 1.29 is 61.9 Å². The fraction of sp³-hybridized carbons (Fsp3) is 0.639. The predicted molar refractivity (Wildman–Crippen MR) is 212 cm³/mol. The number of imidazole rings is 1. The second kappa shape index (κ2) is 24.7. The number of rotatable bonds is 27. The fourth-order valence-electron chi connectivity index (χ4n) is 6.11. The van der Waals surface area contributed by atoms with Crippen molar-refractivity contribution in [3.05, 3.63) is 40.6 Å². The molecule has 1 aliphatic heterocycles. The Morgan fingerprint density at radius 2 is 1.73 bits per heavy atom. The molecular formula is C36H57N8O13PS. The zero-order valence-corrected chi connectivity index (χ0v) is 35.3. The molecule has 9 N–H and O–H groups in total. The summed E-state index contributed by atoms with van der Waals surface area (Å²) in [6.45, 7) is 4.93. The van der Waals surface area contributed by atoms with Crippen LogP contribution in [0.15, 0.2) is 30.0 Å². The third-order valence-corrected chi connectivity index (χ3v) is 11.1. The van der Waals surface area contributed by atoms with Gasteiger partial charge < -0.3 is 56.4 Å². The lowest BCUT2D eigenvalue weighted by Crippen LogP contribution is -2.61. The molecule has 3 heterocycles. The summed E-state index contributed by atoms with van der Waals surface area (Å²) < 4.78 is 33.0. The number of aliphatic hydroxyl groups excluding tert-OH is 1. The number of methoxy groups -OCH3 is 1. The minimum Gasteiger partial charge on any atom is -0.394 e. The van der Waals surface area contributed by atoms with E-state index >= 15 is 0 Å². The number of nitrogens with two attached hydrogens (primary N) is 1. The third-order valence-electron chi connectivity index (χ3n) is 9.09. The number of hydrogen-bond donors (Lipinski definition) is 8. The Labute approximate surface area is 346 Å². The Balaban J connectivity index is 1.68. The molecule has 0 bridgehead atoms. The van der Waals surface area contributed by atoms with Gasteiger partial charge >= 0.3 is 7.82 Å². The Bertz CT molecular complexity index is 1700. The molecule has 59 heavy (non-hydrogen) atoms. The molecule has 0 saturated carbocycles. The molecule has 0 aliphatic carbocycles. The molecular weight excluding hydrogens is 815 g/mol. The largest absolute Gasteiger partial charge is 0.472 e. The summed E-state index contributed by atoms with van der Waals surface area (Å²) >= 11 is 1.42. The van der Waals surface area contributed by atoms with Crippen LogP contribution in [0.5, 0.6) is 0 Å². The van der Waals surface area contributed by atoms with Crippen molar-refractivity contribution in [2.75, 3.05) is 46.7 Å². The Morgan fingerprint density at radius 3 is 2.36 bits per heavy atom. The van der Waals surface area contributed by atoms with E-state index in [4.69, 9.17) is 24.3 Å². The summed E-state index contributed by atoms with van der Waals surface area (Å²) in [5.74, 6) is -4.83. The van der Waals surface area contributed by atoms with E-state index in [1.807, 2.05) is 31.4 Å². The number of amides is 6. The van der Waals surface area contributed by atoms with E-state index in [1.54, 1.807) is 0 Å². The molecule has 330 valence electrons. The zero-order valence-electron chi connectivity index (χ0n) is 33.6. The van der Waals surface area contributed by atoms with Crippen molar-refractivity contribution in [1.82, 2.24) is 36.1 Å². The van der Waals surface area contributed by atoms with Crippen LogP contribution in [-0.2, 0) is 64.7 Å². The average molecular weight is 873 g/mol. The second-order valence-corrected chi connectivity index (χ2v) is 16.6. The molecule has 23 heteroatoms. The SMILES string of the molecule is COCCOCCC(=O)N1CCC[C@H]1C(=O)N[C@@H](CC(C)C)C(=O)N[C@@H](Cc1cnc[nH]1)C(=O)N[C@@H](CO)C(=O)N[C@H](C(N)=O)[C@@H](C)OP(=O)(O)OCCc1cccs1. The maximum absolute atomic E-state index is 13.9. The first-order valence-electron chi connectivity index (χ1n) is 19.2. The van der Waals surface area contributed by atoms with Crippen molar-refractivity contribution in [3.8, 4) is 0 Å². The topological polar surface area (TPSA) is 303 Å². The summed E-state index contributed by atoms with van der Waals surface area (Å²) in [5.41, 5.74) is 5.89. The molecule has 21 nitrogen and oxygen atoms in total. The number of primary amides is 1. The van der Waals surface area contributed by atoms with Gasteiger partial charge in [-0.25, -0.2) is 9.55 Å². The predicted octanol–water partition coefficient (Wildman–Crippen LogP) is -0.714. The number of likely N-dealkylation sites (tertiary alicyclic amines) is 1. The Kier molecular flexibility index (Phi) is 20.6. The van der Waals surface area contributed by atoms with Gasteiger partial charge in [-0.15, -0.1) is 11.3 Å². The molecule has 0 spiro atoms. The van der Waals surface area contributed by atoms with Crippen molar-refractivity contribution in [1.29, 1.82) is 0 Å². The zero-order chi connectivity index (χ0) is 43.5. The third kappa shape index (κ3) is 16.7. The van der Waals surface area contributed by atoms with Gasteiger partial charge in [0, 0.05) is 43.3 Å². The van der Waals surface area contributed by atoms with Crippen molar-refractivity contribution in [2.24, 2.45) is 11.7 Å². The number of hydrogen-bond acceptors (Lipinski definition) is 14. The molecule has 2 aromatic rings. The van der Waals surface area contributed by atoms with E-state index in [0.29, 0.717) is 44.7 Å². The van der Waals surface area contributed by atoms with E-state index in [9.17, 15) is 43.3 Å². The fourth-order valence-corrected chi connectivity index (χ4v) is 7.73. The lowest BCUT2D eigenvalue weighted by molar-refractivity contribution is -0.140. The number of aliphatic hydroxyl groups is 1. The van der Waals surface area contributed by atoms with Gasteiger partial charge in [-0.3, -0.25) is 37.8 Å². The van der Waals surface area contributed by atoms with Gasteiger partial charge in [-0.1, -0.05) is 19.9 Å². The highest BCUT2D eigenvalue weighted by Gasteiger charge is 2.38. The molecule has 0 radical (unpaired) electrons. The van der Waals surface area contributed by atoms with Gasteiger partial charge in [0.05, 0.1) is 51.9 Å². The summed E-state index contributed by atoms with van der Waals surface area (Å²) in [6.07, 6.45) is 2.62. The van der Waals surface area contributed by atoms with Gasteiger partial charge in [-0.05, 0) is 43.6 Å². The smallest absolute Gasteiger partial charge is 0.394 e. The molecule has 6 amide bonds. The van der Waals surface area contributed by atoms with Crippen molar-refractivity contribution in [3.63, 3.8) is 0 Å². The number of H-pyrrole nitrogens is 1. The first-order chi connectivity index (χ1) is 28.0. The number of phosphoric acid groups is 1. The van der Waals surface area contributed by atoms with Gasteiger partial charge in [0.25, 0.3) is 0 Å². The first-order valence-corrected chi connectivity index (χ1v) is 21.6. The molecule has 0 aromatic carbocycles. The summed E-state index contributed by atoms with van der Waals surface area (Å²) in [5, 5.41) is 21.9. The van der Waals surface area contributed by atoms with Crippen molar-refractivity contribution >= 4 is 54.6 Å². The van der Waals surface area contributed by atoms with Gasteiger partial charge in [0.1, 0.15) is 30.2 Å². The Morgan fingerprint density at radius 1 is 1.02 bits per heavy atom. The van der Waals surface area contributed by atoms with Crippen molar-refractivity contribution in [2.45, 2.75) is 95.6 Å². The number of carbonyl (C=O) groups excluding carboxylic acids is 6. The summed E-state index contributed by atoms with van der Waals surface area (Å²) in [4.78, 5) is 99.2. The van der Waals surface area contributed by atoms with Crippen LogP contribution < -0.4 is 27.0 Å². The van der Waals surface area contributed by atoms with Gasteiger partial charge in [0.2, 0.25) is 35.4 Å². The number of aromatic amines is 1.